The highest BCUT2D eigenvalue weighted by Crippen LogP contribution is 2.41. The van der Waals surface area contributed by atoms with Crippen LogP contribution in [0.4, 0.5) is 15.8 Å². The summed E-state index contributed by atoms with van der Waals surface area (Å²) in [5.74, 6) is 0.551. The lowest BCUT2D eigenvalue weighted by molar-refractivity contribution is -0.133. The van der Waals surface area contributed by atoms with Crippen LogP contribution in [0.5, 0.6) is 11.5 Å². The van der Waals surface area contributed by atoms with Crippen LogP contribution >= 0.6 is 12.1 Å². The number of aryl methyl sites for hydroxylation is 1. The number of imide groups is 1. The van der Waals surface area contributed by atoms with E-state index in [0.29, 0.717) is 35.6 Å². The van der Waals surface area contributed by atoms with Crippen molar-refractivity contribution in [3.63, 3.8) is 0 Å². The third-order valence-corrected chi connectivity index (χ3v) is 13.1. The fraction of sp³-hybridized carbons (Fsp3) is 0.500. The topological polar surface area (TPSA) is 121 Å². The molecule has 4 aromatic rings. The largest absolute Gasteiger partial charge is 0.454 e. The van der Waals surface area contributed by atoms with E-state index in [9.17, 15) is 14.0 Å². The van der Waals surface area contributed by atoms with Crippen LogP contribution in [0.1, 0.15) is 93.7 Å². The van der Waals surface area contributed by atoms with E-state index in [1.54, 1.807) is 36.7 Å². The molecule has 3 saturated heterocycles. The third-order valence-electron chi connectivity index (χ3n) is 12.2. The molecule has 1 unspecified atom stereocenters. The normalized spacial score (nSPS) is 22.2. The van der Waals surface area contributed by atoms with Crippen LogP contribution in [0, 0.1) is 19.7 Å². The summed E-state index contributed by atoms with van der Waals surface area (Å²) in [6.07, 6.45) is 14.2. The minimum absolute atomic E-state index is 0.175. The number of ether oxygens (including phenoxy) is 2. The van der Waals surface area contributed by atoms with E-state index in [-0.39, 0.29) is 29.2 Å². The van der Waals surface area contributed by atoms with E-state index >= 15 is 0 Å². The molecule has 3 aromatic carbocycles. The molecule has 1 saturated carbocycles. The molecule has 57 heavy (non-hydrogen) atoms. The van der Waals surface area contributed by atoms with Gasteiger partial charge in [0.05, 0.1) is 22.3 Å². The molecule has 13 heteroatoms. The molecule has 1 aliphatic carbocycles. The molecule has 4 aliphatic rings. The van der Waals surface area contributed by atoms with Crippen molar-refractivity contribution >= 4 is 46.4 Å². The van der Waals surface area contributed by atoms with Crippen molar-refractivity contribution in [2.75, 3.05) is 43.3 Å². The number of fused-ring (bicyclic) bond motifs is 1. The number of hydrogen-bond acceptors (Lipinski definition) is 11. The lowest BCUT2D eigenvalue weighted by Crippen LogP contribution is -2.48. The van der Waals surface area contributed by atoms with Crippen LogP contribution in [0.25, 0.3) is 11.0 Å². The number of anilines is 2. The molecule has 11 nitrogen and oxygen atoms in total. The number of carbonyl (C=O) groups is 2. The Bertz CT molecular complexity index is 2030. The standard InChI is InChI=1S/C26H37N3O3.C18H19FN4OS/c1-18-17-20(27-23-9-10-24(30)28-25(23)31)5-8-22(18)19-3-6-21(7-4-19)29-14-12-26(13-15-29)11-2-16-32-26;1-4-23(3)25-22-15-8-6-14(19)18(12(15)2)24-13-5-7-16-17(11-13)21-10-9-20-16/h5,8,17,19,21,23,27H,2-4,6-7,9-16H2,1H3,(H,28,30,31);5-11,22H,4H2,1-3H3. The Kier molecular flexibility index (Phi) is 13.3. The Labute approximate surface area is 340 Å². The summed E-state index contributed by atoms with van der Waals surface area (Å²) in [5, 5.41) is 5.73. The highest BCUT2D eigenvalue weighted by atomic mass is 32.2. The van der Waals surface area contributed by atoms with E-state index in [2.05, 4.69) is 62.3 Å². The van der Waals surface area contributed by atoms with Crippen LogP contribution in [-0.4, -0.2) is 82.0 Å². The first-order chi connectivity index (χ1) is 27.6. The maximum atomic E-state index is 14.3. The Morgan fingerprint density at radius 3 is 2.46 bits per heavy atom. The lowest BCUT2D eigenvalue weighted by Gasteiger charge is -2.44. The number of benzene rings is 3. The molecule has 8 rings (SSSR count). The number of carbonyl (C=O) groups excluding carboxylic acids is 2. The summed E-state index contributed by atoms with van der Waals surface area (Å²) in [5.41, 5.74) is 6.91. The van der Waals surface area contributed by atoms with E-state index in [1.807, 2.05) is 18.3 Å². The second kappa shape index (κ2) is 18.5. The zero-order valence-corrected chi connectivity index (χ0v) is 34.4. The van der Waals surface area contributed by atoms with Crippen molar-refractivity contribution in [3.8, 4) is 11.5 Å². The summed E-state index contributed by atoms with van der Waals surface area (Å²) in [6.45, 7) is 10.3. The lowest BCUT2D eigenvalue weighted by atomic mass is 9.78. The van der Waals surface area contributed by atoms with Crippen molar-refractivity contribution < 1.29 is 23.5 Å². The zero-order valence-electron chi connectivity index (χ0n) is 33.6. The van der Waals surface area contributed by atoms with Gasteiger partial charge in [-0.05, 0) is 132 Å². The van der Waals surface area contributed by atoms with Crippen molar-refractivity contribution in [2.45, 2.75) is 109 Å². The number of hydrogen-bond donors (Lipinski definition) is 3. The quantitative estimate of drug-likeness (QED) is 0.106. The van der Waals surface area contributed by atoms with Crippen LogP contribution in [0.15, 0.2) is 60.9 Å². The van der Waals surface area contributed by atoms with Gasteiger partial charge in [-0.2, -0.15) is 0 Å². The fourth-order valence-corrected chi connectivity index (χ4v) is 9.27. The van der Waals surface area contributed by atoms with E-state index < -0.39 is 5.82 Å². The van der Waals surface area contributed by atoms with Gasteiger partial charge in [0.2, 0.25) is 11.8 Å². The van der Waals surface area contributed by atoms with Gasteiger partial charge in [-0.1, -0.05) is 13.0 Å². The van der Waals surface area contributed by atoms with Gasteiger partial charge < -0.3 is 24.4 Å². The number of piperidine rings is 2. The average Bonchev–Trinajstić information content (AvgIpc) is 3.68. The number of halogens is 1. The second-order valence-electron chi connectivity index (χ2n) is 15.9. The first-order valence-corrected chi connectivity index (χ1v) is 21.3. The van der Waals surface area contributed by atoms with Crippen LogP contribution in [-0.2, 0) is 14.3 Å². The Balaban J connectivity index is 0.000000180. The smallest absolute Gasteiger partial charge is 0.249 e. The average molecular weight is 798 g/mol. The molecule has 1 spiro atoms. The van der Waals surface area contributed by atoms with Gasteiger partial charge in [0.25, 0.3) is 0 Å². The number of likely N-dealkylation sites (tertiary alicyclic amines) is 1. The Morgan fingerprint density at radius 1 is 0.982 bits per heavy atom. The van der Waals surface area contributed by atoms with E-state index in [0.717, 1.165) is 36.1 Å². The van der Waals surface area contributed by atoms with Gasteiger partial charge in [-0.3, -0.25) is 24.9 Å². The number of nitrogens with one attached hydrogen (secondary N) is 3. The number of rotatable bonds is 10. The molecule has 1 aromatic heterocycles. The second-order valence-corrected chi connectivity index (χ2v) is 16.9. The number of amides is 2. The maximum absolute atomic E-state index is 14.3. The van der Waals surface area contributed by atoms with Gasteiger partial charge in [0.1, 0.15) is 11.8 Å². The monoisotopic (exact) mass is 797 g/mol. The maximum Gasteiger partial charge on any atom is 0.249 e. The molecular weight excluding hydrogens is 742 g/mol. The first kappa shape index (κ1) is 40.9. The highest BCUT2D eigenvalue weighted by Gasteiger charge is 2.40. The van der Waals surface area contributed by atoms with Gasteiger partial charge in [-0.15, -0.1) is 0 Å². The molecular formula is C44H56FN7O4S. The molecule has 2 amide bonds. The van der Waals surface area contributed by atoms with Crippen LogP contribution in [0.3, 0.4) is 0 Å². The predicted octanol–water partition coefficient (Wildman–Crippen LogP) is 8.68. The van der Waals surface area contributed by atoms with Crippen molar-refractivity contribution in [1.82, 2.24) is 24.5 Å². The van der Waals surface area contributed by atoms with Gasteiger partial charge in [0.15, 0.2) is 11.6 Å². The van der Waals surface area contributed by atoms with E-state index in [4.69, 9.17) is 9.47 Å². The summed E-state index contributed by atoms with van der Waals surface area (Å²) in [6, 6.07) is 15.3. The summed E-state index contributed by atoms with van der Waals surface area (Å²) < 4.78 is 31.5. The number of aromatic nitrogens is 2. The van der Waals surface area contributed by atoms with Crippen LogP contribution < -0.4 is 20.1 Å². The van der Waals surface area contributed by atoms with Crippen molar-refractivity contribution in [1.29, 1.82) is 0 Å². The fourth-order valence-electron chi connectivity index (χ4n) is 8.66. The highest BCUT2D eigenvalue weighted by molar-refractivity contribution is 7.98. The van der Waals surface area contributed by atoms with Crippen molar-refractivity contribution in [2.24, 2.45) is 0 Å². The molecule has 3 N–H and O–H groups in total. The predicted molar refractivity (Wildman–Crippen MR) is 225 cm³/mol. The molecule has 4 heterocycles. The van der Waals surface area contributed by atoms with Crippen molar-refractivity contribution in [3.05, 3.63) is 83.4 Å². The minimum atomic E-state index is -0.406. The van der Waals surface area contributed by atoms with E-state index in [1.165, 1.54) is 93.8 Å². The molecule has 1 atom stereocenters. The third kappa shape index (κ3) is 10.1. The first-order valence-electron chi connectivity index (χ1n) is 20.5. The summed E-state index contributed by atoms with van der Waals surface area (Å²) in [4.78, 5) is 34.6. The molecule has 4 fully saturated rings. The van der Waals surface area contributed by atoms with Gasteiger partial charge in [0, 0.05) is 80.5 Å². The SMILES string of the molecule is CCN(C)SNc1ccc(F)c(Oc2ccc3nccnc3c2)c1C.Cc1cc(NC2CCC(=O)NC2=O)ccc1C1CCC(N2CCC3(CCCO3)CC2)CC1. The summed E-state index contributed by atoms with van der Waals surface area (Å²) in [7, 11) is 1.98. The molecule has 304 valence electrons. The molecule has 0 radical (unpaired) electrons. The Hall–Kier alpha value is -4.30. The van der Waals surface area contributed by atoms with Gasteiger partial charge in [-0.25, -0.2) is 8.70 Å². The number of nitrogens with zero attached hydrogens (tertiary/aromatic N) is 4. The molecule has 3 aliphatic heterocycles. The Morgan fingerprint density at radius 2 is 1.75 bits per heavy atom. The van der Waals surface area contributed by atoms with Crippen LogP contribution in [0.2, 0.25) is 0 Å². The summed E-state index contributed by atoms with van der Waals surface area (Å²) >= 11 is 1.45. The van der Waals surface area contributed by atoms with Gasteiger partial charge >= 0.3 is 0 Å². The zero-order chi connectivity index (χ0) is 39.9. The minimum Gasteiger partial charge on any atom is -0.454 e. The molecule has 0 bridgehead atoms.